The maximum atomic E-state index is 5.54. The molecule has 0 fully saturated rings. The molecule has 1 aromatic carbocycles. The Bertz CT molecular complexity index is 384. The number of benzene rings is 1. The van der Waals surface area contributed by atoms with Crippen molar-refractivity contribution in [3.8, 4) is 11.5 Å². The highest BCUT2D eigenvalue weighted by atomic mass is 16.8. The standard InChI is InChI=1S/C12H17BO3/c1-5-14-13-15-10-7-6-9(12(2,3)4)8-11(10)16-13/h6-8H,5H2,1-4H3. The van der Waals surface area contributed by atoms with Crippen LogP contribution in [0.3, 0.4) is 0 Å². The van der Waals surface area contributed by atoms with Gasteiger partial charge < -0.3 is 14.0 Å². The van der Waals surface area contributed by atoms with Crippen LogP contribution in [0.2, 0.25) is 0 Å². The van der Waals surface area contributed by atoms with Crippen molar-refractivity contribution in [1.29, 1.82) is 0 Å². The summed E-state index contributed by atoms with van der Waals surface area (Å²) in [7, 11) is -0.588. The second-order valence-corrected chi connectivity index (χ2v) is 4.89. The van der Waals surface area contributed by atoms with Gasteiger partial charge in [0.15, 0.2) is 0 Å². The Morgan fingerprint density at radius 3 is 2.50 bits per heavy atom. The molecule has 0 bridgehead atoms. The van der Waals surface area contributed by atoms with Gasteiger partial charge in [0.1, 0.15) is 11.5 Å². The van der Waals surface area contributed by atoms with Gasteiger partial charge in [-0.1, -0.05) is 26.8 Å². The van der Waals surface area contributed by atoms with E-state index in [4.69, 9.17) is 14.0 Å². The van der Waals surface area contributed by atoms with E-state index in [-0.39, 0.29) is 5.41 Å². The molecule has 0 radical (unpaired) electrons. The van der Waals surface area contributed by atoms with E-state index in [9.17, 15) is 0 Å². The molecular weight excluding hydrogens is 203 g/mol. The lowest BCUT2D eigenvalue weighted by atomic mass is 9.87. The normalized spacial score (nSPS) is 14.4. The average molecular weight is 220 g/mol. The molecule has 0 saturated heterocycles. The summed E-state index contributed by atoms with van der Waals surface area (Å²) in [5, 5.41) is 0. The van der Waals surface area contributed by atoms with Gasteiger partial charge in [-0.05, 0) is 30.0 Å². The molecule has 0 N–H and O–H groups in total. The predicted octanol–water partition coefficient (Wildman–Crippen LogP) is 2.78. The molecule has 0 spiro atoms. The number of rotatable bonds is 2. The smallest absolute Gasteiger partial charge is 0.498 e. The molecule has 16 heavy (non-hydrogen) atoms. The van der Waals surface area contributed by atoms with Crippen molar-refractivity contribution < 1.29 is 14.0 Å². The predicted molar refractivity (Wildman–Crippen MR) is 63.8 cm³/mol. The van der Waals surface area contributed by atoms with Crippen molar-refractivity contribution in [3.63, 3.8) is 0 Å². The first-order valence-electron chi connectivity index (χ1n) is 5.60. The van der Waals surface area contributed by atoms with E-state index >= 15 is 0 Å². The fourth-order valence-electron chi connectivity index (χ4n) is 1.60. The minimum absolute atomic E-state index is 0.113. The van der Waals surface area contributed by atoms with Crippen LogP contribution in [0.25, 0.3) is 0 Å². The van der Waals surface area contributed by atoms with Crippen LogP contribution in [0, 0.1) is 0 Å². The zero-order chi connectivity index (χ0) is 11.8. The highest BCUT2D eigenvalue weighted by molar-refractivity contribution is 6.40. The molecule has 1 aliphatic rings. The van der Waals surface area contributed by atoms with Crippen LogP contribution in [0.15, 0.2) is 18.2 Å². The molecule has 1 aromatic rings. The summed E-state index contributed by atoms with van der Waals surface area (Å²) >= 11 is 0. The van der Waals surface area contributed by atoms with Gasteiger partial charge in [0.05, 0.1) is 0 Å². The Labute approximate surface area is 96.9 Å². The molecular formula is C12H17BO3. The molecule has 3 nitrogen and oxygen atoms in total. The van der Waals surface area contributed by atoms with Gasteiger partial charge in [0, 0.05) is 6.61 Å². The van der Waals surface area contributed by atoms with Crippen LogP contribution in [-0.4, -0.2) is 13.9 Å². The third-order valence-electron chi connectivity index (χ3n) is 2.56. The molecule has 0 unspecified atom stereocenters. The van der Waals surface area contributed by atoms with E-state index in [0.29, 0.717) is 6.61 Å². The first-order chi connectivity index (χ1) is 7.50. The lowest BCUT2D eigenvalue weighted by Crippen LogP contribution is -2.28. The number of fused-ring (bicyclic) bond motifs is 1. The first-order valence-corrected chi connectivity index (χ1v) is 5.60. The second kappa shape index (κ2) is 4.02. The maximum absolute atomic E-state index is 5.54. The topological polar surface area (TPSA) is 27.7 Å². The van der Waals surface area contributed by atoms with E-state index in [1.807, 2.05) is 19.1 Å². The monoisotopic (exact) mass is 220 g/mol. The highest BCUT2D eigenvalue weighted by Crippen LogP contribution is 2.37. The third-order valence-corrected chi connectivity index (χ3v) is 2.56. The van der Waals surface area contributed by atoms with Crippen molar-refractivity contribution in [3.05, 3.63) is 23.8 Å². The summed E-state index contributed by atoms with van der Waals surface area (Å²) in [4.78, 5) is 0. The highest BCUT2D eigenvalue weighted by Gasteiger charge is 2.35. The molecule has 0 saturated carbocycles. The third kappa shape index (κ3) is 2.17. The van der Waals surface area contributed by atoms with Crippen molar-refractivity contribution >= 4 is 7.32 Å². The Morgan fingerprint density at radius 2 is 1.88 bits per heavy atom. The Hall–Kier alpha value is -1.16. The number of hydrogen-bond acceptors (Lipinski definition) is 3. The first kappa shape index (κ1) is 11.3. The molecule has 2 rings (SSSR count). The molecule has 4 heteroatoms. The molecule has 86 valence electrons. The van der Waals surface area contributed by atoms with E-state index in [1.54, 1.807) is 0 Å². The summed E-state index contributed by atoms with van der Waals surface area (Å²) in [6.45, 7) is 9.00. The molecule has 0 aliphatic carbocycles. The second-order valence-electron chi connectivity index (χ2n) is 4.89. The maximum Gasteiger partial charge on any atom is 0.788 e. The fourth-order valence-corrected chi connectivity index (χ4v) is 1.60. The van der Waals surface area contributed by atoms with Crippen molar-refractivity contribution in [2.75, 3.05) is 6.61 Å². The summed E-state index contributed by atoms with van der Waals surface area (Å²) in [5.74, 6) is 1.53. The zero-order valence-corrected chi connectivity index (χ0v) is 10.2. The minimum atomic E-state index is -0.588. The lowest BCUT2D eigenvalue weighted by molar-refractivity contribution is 0.235. The van der Waals surface area contributed by atoms with E-state index in [2.05, 4.69) is 26.8 Å². The SMILES string of the molecule is CCOB1Oc2ccc(C(C)(C)C)cc2O1. The van der Waals surface area contributed by atoms with E-state index in [1.165, 1.54) is 5.56 Å². The van der Waals surface area contributed by atoms with Crippen LogP contribution < -0.4 is 9.31 Å². The van der Waals surface area contributed by atoms with E-state index in [0.717, 1.165) is 11.5 Å². The molecule has 0 amide bonds. The molecule has 0 atom stereocenters. The molecule has 1 heterocycles. The zero-order valence-electron chi connectivity index (χ0n) is 10.2. The Kier molecular flexibility index (Phi) is 2.85. The average Bonchev–Trinajstić information content (AvgIpc) is 2.57. The van der Waals surface area contributed by atoms with Crippen LogP contribution in [0.1, 0.15) is 33.3 Å². The van der Waals surface area contributed by atoms with Crippen LogP contribution in [0.4, 0.5) is 0 Å². The fraction of sp³-hybridized carbons (Fsp3) is 0.500. The van der Waals surface area contributed by atoms with Gasteiger partial charge in [-0.25, -0.2) is 0 Å². The van der Waals surface area contributed by atoms with Crippen LogP contribution in [-0.2, 0) is 10.1 Å². The van der Waals surface area contributed by atoms with Gasteiger partial charge in [-0.2, -0.15) is 0 Å². The van der Waals surface area contributed by atoms with Crippen molar-refractivity contribution in [2.24, 2.45) is 0 Å². The summed E-state index contributed by atoms with van der Waals surface area (Å²) in [6, 6.07) is 6.03. The van der Waals surface area contributed by atoms with Crippen molar-refractivity contribution in [2.45, 2.75) is 33.1 Å². The minimum Gasteiger partial charge on any atom is -0.498 e. The molecule has 0 aromatic heterocycles. The van der Waals surface area contributed by atoms with Gasteiger partial charge in [-0.15, -0.1) is 0 Å². The van der Waals surface area contributed by atoms with Crippen LogP contribution in [0.5, 0.6) is 11.5 Å². The Morgan fingerprint density at radius 1 is 1.19 bits per heavy atom. The van der Waals surface area contributed by atoms with Gasteiger partial charge >= 0.3 is 7.32 Å². The summed E-state index contributed by atoms with van der Waals surface area (Å²) in [5.41, 5.74) is 1.34. The van der Waals surface area contributed by atoms with Gasteiger partial charge in [0.25, 0.3) is 0 Å². The number of hydrogen-bond donors (Lipinski definition) is 0. The quantitative estimate of drug-likeness (QED) is 0.717. The van der Waals surface area contributed by atoms with Crippen LogP contribution >= 0.6 is 0 Å². The summed E-state index contributed by atoms with van der Waals surface area (Å²) < 4.78 is 16.3. The Balaban J connectivity index is 2.21. The van der Waals surface area contributed by atoms with Crippen molar-refractivity contribution in [1.82, 2.24) is 0 Å². The lowest BCUT2D eigenvalue weighted by Gasteiger charge is -2.19. The van der Waals surface area contributed by atoms with Gasteiger partial charge in [-0.3, -0.25) is 0 Å². The molecule has 1 aliphatic heterocycles. The van der Waals surface area contributed by atoms with E-state index < -0.39 is 7.32 Å². The van der Waals surface area contributed by atoms with Gasteiger partial charge in [0.2, 0.25) is 0 Å². The largest absolute Gasteiger partial charge is 0.788 e. The summed E-state index contributed by atoms with van der Waals surface area (Å²) in [6.07, 6.45) is 0.